The van der Waals surface area contributed by atoms with E-state index in [0.717, 1.165) is 127 Å². The Morgan fingerprint density at radius 3 is 1.24 bits per heavy atom. The first-order chi connectivity index (χ1) is 57.0. The molecule has 112 heavy (non-hydrogen) atoms. The van der Waals surface area contributed by atoms with Crippen LogP contribution in [0.3, 0.4) is 0 Å². The maximum atomic E-state index is 11.7. The minimum absolute atomic E-state index is 0.00940. The van der Waals surface area contributed by atoms with E-state index in [9.17, 15) is 13.5 Å². The zero-order valence-electron chi connectivity index (χ0n) is 74.4. The van der Waals surface area contributed by atoms with E-state index in [2.05, 4.69) is 323 Å². The highest BCUT2D eigenvalue weighted by Crippen LogP contribution is 2.54. The van der Waals surface area contributed by atoms with Crippen molar-refractivity contribution in [2.75, 3.05) is 9.80 Å². The van der Waals surface area contributed by atoms with Crippen LogP contribution in [0.5, 0.6) is 0 Å². The molecule has 0 atom stereocenters. The average molecular weight is 1460 g/mol. The summed E-state index contributed by atoms with van der Waals surface area (Å²) >= 11 is 0. The normalized spacial score (nSPS) is 14.2. The van der Waals surface area contributed by atoms with Crippen LogP contribution in [-0.2, 0) is 27.1 Å². The van der Waals surface area contributed by atoms with E-state index in [1.807, 2.05) is 48.5 Å². The number of nitrogens with zero attached hydrogens (tertiary/aromatic N) is 6. The molecule has 14 aromatic carbocycles. The molecule has 0 bridgehead atoms. The SMILES string of the molecule is [2H]c1c([2H])c([2H])c2c(c1[2H])c1c([2H])c([2H])c([2H])c([2H])c1n2-c1ccc2c(c1)N(c1ccc(C#N)c(-n3c4ccccc4c4ccccc43)c1)c1cc(-n3c4ccc(C(C)(C)C)cc4c4cc(C(C)(C)C)ccc43)cc3c1B2c1ccc(-c2cc(C(C)(C)C)cc(C(C)(C)C)c2)cc1N3c1c(-c2ccccc2)cc(C(C)(C)C)cc1-c1ccccc1. The minimum atomic E-state index is -0.574. The molecule has 546 valence electrons. The molecular formula is C105H93BN6. The molecule has 0 radical (unpaired) electrons. The van der Waals surface area contributed by atoms with Gasteiger partial charge in [-0.1, -0.05) is 286 Å². The Bertz CT molecular complexity index is 7020. The summed E-state index contributed by atoms with van der Waals surface area (Å²) in [6.45, 7) is 33.7. The van der Waals surface area contributed by atoms with E-state index in [1.54, 1.807) is 4.57 Å². The van der Waals surface area contributed by atoms with Crippen molar-refractivity contribution in [1.82, 2.24) is 13.7 Å². The molecule has 0 spiro atoms. The van der Waals surface area contributed by atoms with Gasteiger partial charge in [-0.05, 0) is 203 Å². The maximum absolute atomic E-state index is 11.7. The fourth-order valence-corrected chi connectivity index (χ4v) is 17.6. The molecular weight excluding hydrogens is 1360 g/mol. The van der Waals surface area contributed by atoms with Crippen LogP contribution in [0.2, 0.25) is 0 Å². The van der Waals surface area contributed by atoms with Crippen LogP contribution in [0.25, 0.3) is 116 Å². The predicted molar refractivity (Wildman–Crippen MR) is 478 cm³/mol. The van der Waals surface area contributed by atoms with Gasteiger partial charge in [-0.3, -0.25) is 0 Å². The Labute approximate surface area is 670 Å². The Hall–Kier alpha value is -12.4. The lowest BCUT2D eigenvalue weighted by Crippen LogP contribution is -2.61. The molecule has 19 rings (SSSR count). The summed E-state index contributed by atoms with van der Waals surface area (Å²) in [5, 5.41) is 15.9. The summed E-state index contributed by atoms with van der Waals surface area (Å²) in [5.41, 5.74) is 25.1. The summed E-state index contributed by atoms with van der Waals surface area (Å²) in [6.07, 6.45) is 0. The van der Waals surface area contributed by atoms with E-state index in [0.29, 0.717) is 28.3 Å². The molecule has 6 nitrogen and oxygen atoms in total. The third kappa shape index (κ3) is 11.3. The highest BCUT2D eigenvalue weighted by molar-refractivity contribution is 7.00. The van der Waals surface area contributed by atoms with Gasteiger partial charge in [0.2, 0.25) is 0 Å². The number of hydrogen-bond donors (Lipinski definition) is 0. The molecule has 3 aromatic heterocycles. The average Bonchev–Trinajstić information content (AvgIpc) is 1.16. The molecule has 0 amide bonds. The Balaban J connectivity index is 1.04. The Morgan fingerprint density at radius 2 is 0.723 bits per heavy atom. The highest BCUT2D eigenvalue weighted by atomic mass is 15.2. The highest BCUT2D eigenvalue weighted by Gasteiger charge is 2.46. The van der Waals surface area contributed by atoms with E-state index < -0.39 is 55.1 Å². The van der Waals surface area contributed by atoms with Crippen LogP contribution in [0, 0.1) is 11.3 Å². The summed E-state index contributed by atoms with van der Waals surface area (Å²) in [7, 11) is 0. The first kappa shape index (κ1) is 61.4. The molecule has 0 saturated heterocycles. The van der Waals surface area contributed by atoms with Crippen LogP contribution >= 0.6 is 0 Å². The van der Waals surface area contributed by atoms with Gasteiger partial charge in [0.1, 0.15) is 6.07 Å². The molecule has 0 saturated carbocycles. The molecule has 0 unspecified atom stereocenters. The summed E-state index contributed by atoms with van der Waals surface area (Å²) < 4.78 is 82.5. The zero-order chi connectivity index (χ0) is 84.4. The molecule has 17 aromatic rings. The monoisotopic (exact) mass is 1460 g/mol. The van der Waals surface area contributed by atoms with Gasteiger partial charge in [-0.15, -0.1) is 0 Å². The second kappa shape index (κ2) is 25.3. The van der Waals surface area contributed by atoms with Gasteiger partial charge in [-0.25, -0.2) is 0 Å². The number of para-hydroxylation sites is 4. The van der Waals surface area contributed by atoms with Crippen molar-refractivity contribution in [2.24, 2.45) is 0 Å². The van der Waals surface area contributed by atoms with Gasteiger partial charge in [0.15, 0.2) is 0 Å². The fraction of sp³-hybridized carbons (Fsp3) is 0.190. The number of anilines is 6. The standard InChI is InChI=1S/C105H93BN6/c1-101(2,3)70-44-50-92-84(56-70)85-57-71(102(4,5)6)45-51-93(85)110(92)77-62-97-99-98(63-77)112(100-82(65-30-18-16-19-31-65)58-74(105(13,14)15)59-83(100)66-32-20-17-21-33-66)95-54-67(69-52-72(103(7,8)9)55-73(53-69)104(10,11)12)43-48-86(95)106(99)87-49-47-76(108-88-38-26-22-34-78(88)79-35-23-27-39-89(79)108)61-96(87)109(97)75-46-42-68(64-107)94(60-75)111-90-40-28-24-36-80(90)81-37-25-29-41-91(81)111/h16-63H,1-15H3/i22D,23D,26D,27D,34D,35D,38D,39D. The molecule has 0 fully saturated rings. The van der Waals surface area contributed by atoms with Gasteiger partial charge in [0.25, 0.3) is 6.71 Å². The van der Waals surface area contributed by atoms with E-state index in [4.69, 9.17) is 2.74 Å². The van der Waals surface area contributed by atoms with Gasteiger partial charge in [0.05, 0.1) is 66.7 Å². The lowest BCUT2D eigenvalue weighted by molar-refractivity contribution is 0.569. The Morgan fingerprint density at radius 1 is 0.295 bits per heavy atom. The zero-order valence-corrected chi connectivity index (χ0v) is 66.4. The smallest absolute Gasteiger partial charge is 0.252 e. The first-order valence-electron chi connectivity index (χ1n) is 43.2. The van der Waals surface area contributed by atoms with Gasteiger partial charge < -0.3 is 23.5 Å². The Kier molecular flexibility index (Phi) is 13.9. The molecule has 0 N–H and O–H groups in total. The summed E-state index contributed by atoms with van der Waals surface area (Å²) in [5.74, 6) is 0. The fourth-order valence-electron chi connectivity index (χ4n) is 17.6. The van der Waals surface area contributed by atoms with Gasteiger partial charge in [0, 0.05) is 77.6 Å². The van der Waals surface area contributed by atoms with E-state index >= 15 is 0 Å². The van der Waals surface area contributed by atoms with Gasteiger partial charge in [-0.2, -0.15) is 5.26 Å². The predicted octanol–water partition coefficient (Wildman–Crippen LogP) is 26.4. The third-order valence-corrected chi connectivity index (χ3v) is 23.6. The van der Waals surface area contributed by atoms with Crippen molar-refractivity contribution >= 4 is 123 Å². The lowest BCUT2D eigenvalue weighted by atomic mass is 9.33. The minimum Gasteiger partial charge on any atom is -0.311 e. The molecule has 0 aliphatic carbocycles. The second-order valence-electron chi connectivity index (χ2n) is 36.0. The van der Waals surface area contributed by atoms with E-state index in [-0.39, 0.29) is 48.9 Å². The number of benzene rings is 14. The number of nitriles is 1. The van der Waals surface area contributed by atoms with Crippen LogP contribution in [0.15, 0.2) is 291 Å². The van der Waals surface area contributed by atoms with Crippen molar-refractivity contribution < 1.29 is 11.0 Å². The molecule has 2 aliphatic rings. The third-order valence-electron chi connectivity index (χ3n) is 23.6. The van der Waals surface area contributed by atoms with Crippen LogP contribution in [0.4, 0.5) is 34.1 Å². The molecule has 5 heterocycles. The number of aromatic nitrogens is 3. The lowest BCUT2D eigenvalue weighted by Gasteiger charge is -2.45. The van der Waals surface area contributed by atoms with Crippen molar-refractivity contribution in [2.45, 2.75) is 131 Å². The topological polar surface area (TPSA) is 45.1 Å². The van der Waals surface area contributed by atoms with Crippen molar-refractivity contribution in [3.63, 3.8) is 0 Å². The van der Waals surface area contributed by atoms with Crippen molar-refractivity contribution in [3.05, 3.63) is 324 Å². The maximum Gasteiger partial charge on any atom is 0.252 e. The molecule has 7 heteroatoms. The number of fused-ring (bicyclic) bond motifs is 13. The van der Waals surface area contributed by atoms with Crippen LogP contribution in [0.1, 0.15) is 148 Å². The largest absolute Gasteiger partial charge is 0.311 e. The number of rotatable bonds is 8. The van der Waals surface area contributed by atoms with E-state index in [1.165, 1.54) is 22.3 Å². The van der Waals surface area contributed by atoms with Crippen LogP contribution < -0.4 is 26.2 Å². The summed E-state index contributed by atoms with van der Waals surface area (Å²) in [6, 6.07) is 87.3. The second-order valence-corrected chi connectivity index (χ2v) is 36.0. The summed E-state index contributed by atoms with van der Waals surface area (Å²) in [4.78, 5) is 4.91. The van der Waals surface area contributed by atoms with Crippen molar-refractivity contribution in [3.8, 4) is 56.5 Å². The molecule has 2 aliphatic heterocycles. The van der Waals surface area contributed by atoms with Crippen LogP contribution in [-0.4, -0.2) is 20.4 Å². The number of hydrogen-bond acceptors (Lipinski definition) is 3. The quantitative estimate of drug-likeness (QED) is 0.142. The first-order valence-corrected chi connectivity index (χ1v) is 39.2. The van der Waals surface area contributed by atoms with Gasteiger partial charge >= 0.3 is 0 Å². The van der Waals surface area contributed by atoms with Crippen molar-refractivity contribution in [1.29, 1.82) is 5.26 Å².